The van der Waals surface area contributed by atoms with E-state index < -0.39 is 0 Å². The van der Waals surface area contributed by atoms with Crippen LogP contribution in [0.15, 0.2) is 42.6 Å². The molecule has 0 amide bonds. The summed E-state index contributed by atoms with van der Waals surface area (Å²) in [5, 5.41) is 9.42. The number of halogens is 1. The Morgan fingerprint density at radius 3 is 2.52 bits per heavy atom. The van der Waals surface area contributed by atoms with Gasteiger partial charge in [-0.1, -0.05) is 13.0 Å². The molecule has 1 aliphatic rings. The normalized spacial score (nSPS) is 15.9. The molecule has 4 nitrogen and oxygen atoms in total. The molecule has 5 heteroatoms. The van der Waals surface area contributed by atoms with Crippen LogP contribution in [0, 0.1) is 25.6 Å². The van der Waals surface area contributed by atoms with Crippen LogP contribution in [0.2, 0.25) is 0 Å². The van der Waals surface area contributed by atoms with Crippen LogP contribution in [-0.2, 0) is 19.4 Å². The molecule has 0 saturated heterocycles. The van der Waals surface area contributed by atoms with E-state index in [0.717, 1.165) is 40.8 Å². The van der Waals surface area contributed by atoms with Gasteiger partial charge in [0.05, 0.1) is 12.7 Å². The van der Waals surface area contributed by atoms with E-state index in [4.69, 9.17) is 9.47 Å². The first-order valence-electron chi connectivity index (χ1n) is 11.6. The number of pyridine rings is 1. The van der Waals surface area contributed by atoms with Gasteiger partial charge in [0.1, 0.15) is 18.2 Å². The molecule has 0 radical (unpaired) electrons. The molecule has 2 unspecified atom stereocenters. The van der Waals surface area contributed by atoms with Gasteiger partial charge < -0.3 is 14.6 Å². The van der Waals surface area contributed by atoms with Crippen molar-refractivity contribution >= 4 is 0 Å². The van der Waals surface area contributed by atoms with Crippen molar-refractivity contribution in [1.29, 1.82) is 0 Å². The monoisotopic (exact) mass is 449 g/mol. The summed E-state index contributed by atoms with van der Waals surface area (Å²) < 4.78 is 26.3. The quantitative estimate of drug-likeness (QED) is 0.460. The van der Waals surface area contributed by atoms with Crippen molar-refractivity contribution in [3.05, 3.63) is 76.2 Å². The highest BCUT2D eigenvalue weighted by Gasteiger charge is 2.19. The number of hydrogen-bond donors (Lipinski definition) is 1. The predicted molar refractivity (Wildman–Crippen MR) is 128 cm³/mol. The summed E-state index contributed by atoms with van der Waals surface area (Å²) in [6, 6.07) is 11.1. The fraction of sp³-hybridized carbons (Fsp3) is 0.393. The molecule has 0 bridgehead atoms. The van der Waals surface area contributed by atoms with Crippen LogP contribution in [0.3, 0.4) is 0 Å². The Morgan fingerprint density at radius 1 is 1.06 bits per heavy atom. The van der Waals surface area contributed by atoms with Crippen molar-refractivity contribution in [3.63, 3.8) is 0 Å². The first kappa shape index (κ1) is 23.2. The van der Waals surface area contributed by atoms with E-state index in [0.29, 0.717) is 30.4 Å². The maximum Gasteiger partial charge on any atom is 0.213 e. The lowest BCUT2D eigenvalue weighted by molar-refractivity contribution is 0.155. The van der Waals surface area contributed by atoms with Gasteiger partial charge in [-0.05, 0) is 97.2 Å². The number of fused-ring (bicyclic) bond motifs is 1. The highest BCUT2D eigenvalue weighted by Crippen LogP contribution is 2.33. The number of nitrogens with zero attached hydrogens (tertiary/aromatic N) is 1. The van der Waals surface area contributed by atoms with Crippen LogP contribution >= 0.6 is 0 Å². The third-order valence-electron chi connectivity index (χ3n) is 6.22. The van der Waals surface area contributed by atoms with Gasteiger partial charge in [-0.3, -0.25) is 0 Å². The lowest BCUT2D eigenvalue weighted by Gasteiger charge is -2.16. The van der Waals surface area contributed by atoms with Crippen molar-refractivity contribution in [2.24, 2.45) is 5.92 Å². The second kappa shape index (κ2) is 9.92. The molecular formula is C28H32FNO3. The van der Waals surface area contributed by atoms with Gasteiger partial charge >= 0.3 is 0 Å². The van der Waals surface area contributed by atoms with E-state index in [1.54, 1.807) is 13.0 Å². The van der Waals surface area contributed by atoms with E-state index in [1.807, 2.05) is 44.3 Å². The summed E-state index contributed by atoms with van der Waals surface area (Å²) in [7, 11) is 0. The summed E-state index contributed by atoms with van der Waals surface area (Å²) >= 11 is 0. The largest absolute Gasteiger partial charge is 0.493 e. The predicted octanol–water partition coefficient (Wildman–Crippen LogP) is 5.97. The van der Waals surface area contributed by atoms with E-state index in [-0.39, 0.29) is 18.5 Å². The SMILES string of the molecule is Cc1cc(OCCC(C)O)cc(C)c1-c1ccc(F)c(COc2cc3c(cn2)CC(C)C3)c1. The molecular weight excluding hydrogens is 417 g/mol. The molecule has 1 aromatic heterocycles. The van der Waals surface area contributed by atoms with Gasteiger partial charge in [-0.15, -0.1) is 0 Å². The summed E-state index contributed by atoms with van der Waals surface area (Å²) in [6.07, 6.45) is 4.18. The molecule has 1 heterocycles. The minimum absolute atomic E-state index is 0.125. The van der Waals surface area contributed by atoms with Crippen molar-refractivity contribution in [2.75, 3.05) is 6.61 Å². The third kappa shape index (κ3) is 5.53. The van der Waals surface area contributed by atoms with Crippen molar-refractivity contribution in [1.82, 2.24) is 4.98 Å². The van der Waals surface area contributed by atoms with E-state index in [9.17, 15) is 9.50 Å². The van der Waals surface area contributed by atoms with Crippen LogP contribution in [-0.4, -0.2) is 22.8 Å². The van der Waals surface area contributed by atoms with Crippen LogP contribution in [0.4, 0.5) is 4.39 Å². The van der Waals surface area contributed by atoms with Crippen LogP contribution in [0.5, 0.6) is 11.6 Å². The summed E-state index contributed by atoms with van der Waals surface area (Å²) in [6.45, 7) is 8.63. The fourth-order valence-electron chi connectivity index (χ4n) is 4.58. The molecule has 1 N–H and O–H groups in total. The molecule has 2 atom stereocenters. The van der Waals surface area contributed by atoms with Crippen molar-refractivity contribution < 1.29 is 19.0 Å². The van der Waals surface area contributed by atoms with Gasteiger partial charge in [-0.25, -0.2) is 9.37 Å². The third-order valence-corrected chi connectivity index (χ3v) is 6.22. The minimum atomic E-state index is -0.387. The zero-order valence-corrected chi connectivity index (χ0v) is 19.8. The number of ether oxygens (including phenoxy) is 2. The minimum Gasteiger partial charge on any atom is -0.493 e. The Kier molecular flexibility index (Phi) is 6.99. The number of benzene rings is 2. The average Bonchev–Trinajstić information content (AvgIpc) is 3.12. The number of aryl methyl sites for hydroxylation is 2. The topological polar surface area (TPSA) is 51.6 Å². The second-order valence-electron chi connectivity index (χ2n) is 9.32. The standard InChI is InChI=1S/C28H32FNO3/c1-17-9-22-14-27(30-15-23(22)10-17)33-16-24-13-21(5-6-26(24)29)28-18(2)11-25(12-19(28)3)32-8-7-20(4)31/h5-6,11-15,17,20,31H,7-10,16H2,1-4H3. The van der Waals surface area contributed by atoms with Gasteiger partial charge in [-0.2, -0.15) is 0 Å². The van der Waals surface area contributed by atoms with Gasteiger partial charge in [0.15, 0.2) is 0 Å². The molecule has 2 aromatic carbocycles. The zero-order chi connectivity index (χ0) is 23.5. The molecule has 0 saturated carbocycles. The average molecular weight is 450 g/mol. The first-order valence-corrected chi connectivity index (χ1v) is 11.6. The molecule has 33 heavy (non-hydrogen) atoms. The van der Waals surface area contributed by atoms with Crippen molar-refractivity contribution in [3.8, 4) is 22.8 Å². The van der Waals surface area contributed by atoms with Crippen LogP contribution in [0.1, 0.15) is 48.1 Å². The van der Waals surface area contributed by atoms with E-state index in [2.05, 4.69) is 11.9 Å². The van der Waals surface area contributed by atoms with Crippen LogP contribution < -0.4 is 9.47 Å². The number of rotatable bonds is 8. The number of aliphatic hydroxyl groups is 1. The molecule has 3 aromatic rings. The molecule has 0 spiro atoms. The molecule has 0 fully saturated rings. The Labute approximate surface area is 195 Å². The highest BCUT2D eigenvalue weighted by molar-refractivity contribution is 5.72. The summed E-state index contributed by atoms with van der Waals surface area (Å²) in [5.41, 5.74) is 7.17. The molecule has 0 aliphatic heterocycles. The van der Waals surface area contributed by atoms with E-state index in [1.165, 1.54) is 17.2 Å². The summed E-state index contributed by atoms with van der Waals surface area (Å²) in [4.78, 5) is 4.41. The van der Waals surface area contributed by atoms with Gasteiger partial charge in [0, 0.05) is 24.2 Å². The molecule has 1 aliphatic carbocycles. The van der Waals surface area contributed by atoms with Crippen molar-refractivity contribution in [2.45, 2.75) is 59.7 Å². The Bertz CT molecular complexity index is 1120. The van der Waals surface area contributed by atoms with Gasteiger partial charge in [0.2, 0.25) is 5.88 Å². The fourth-order valence-corrected chi connectivity index (χ4v) is 4.58. The zero-order valence-electron chi connectivity index (χ0n) is 19.8. The molecule has 174 valence electrons. The molecule has 4 rings (SSSR count). The number of hydrogen-bond acceptors (Lipinski definition) is 4. The Balaban J connectivity index is 1.51. The van der Waals surface area contributed by atoms with Gasteiger partial charge in [0.25, 0.3) is 0 Å². The second-order valence-corrected chi connectivity index (χ2v) is 9.32. The maximum atomic E-state index is 14.6. The number of aromatic nitrogens is 1. The first-order chi connectivity index (χ1) is 15.8. The summed E-state index contributed by atoms with van der Waals surface area (Å²) in [5.74, 6) is 1.66. The smallest absolute Gasteiger partial charge is 0.213 e. The lowest BCUT2D eigenvalue weighted by atomic mass is 9.94. The maximum absolute atomic E-state index is 14.6. The Hall–Kier alpha value is -2.92. The number of aliphatic hydroxyl groups excluding tert-OH is 1. The highest BCUT2D eigenvalue weighted by atomic mass is 19.1. The lowest BCUT2D eigenvalue weighted by Crippen LogP contribution is -2.07. The Morgan fingerprint density at radius 2 is 1.79 bits per heavy atom. The van der Waals surface area contributed by atoms with Crippen LogP contribution in [0.25, 0.3) is 11.1 Å². The van der Waals surface area contributed by atoms with E-state index >= 15 is 0 Å².